The van der Waals surface area contributed by atoms with E-state index in [1.165, 1.54) is 18.4 Å². The molecule has 1 saturated carbocycles. The van der Waals surface area contributed by atoms with Gasteiger partial charge in [-0.3, -0.25) is 9.88 Å². The van der Waals surface area contributed by atoms with Gasteiger partial charge in [-0.2, -0.15) is 4.31 Å². The van der Waals surface area contributed by atoms with Gasteiger partial charge in [-0.1, -0.05) is 18.2 Å². The summed E-state index contributed by atoms with van der Waals surface area (Å²) in [4.78, 5) is 7.64. The minimum atomic E-state index is -3.58. The summed E-state index contributed by atoms with van der Waals surface area (Å²) in [6.07, 6.45) is 9.87. The Morgan fingerprint density at radius 2 is 1.86 bits per heavy atom. The number of nitrogens with zero attached hydrogens (tertiary/aromatic N) is 3. The number of nitrogens with one attached hydrogen (secondary N) is 1. The number of anilines is 1. The summed E-state index contributed by atoms with van der Waals surface area (Å²) in [6, 6.07) is 8.41. The van der Waals surface area contributed by atoms with Crippen molar-refractivity contribution in [2.45, 2.75) is 55.5 Å². The lowest BCUT2D eigenvalue weighted by Gasteiger charge is -2.39. The Kier molecular flexibility index (Phi) is 6.96. The van der Waals surface area contributed by atoms with Gasteiger partial charge in [0.15, 0.2) is 0 Å². The van der Waals surface area contributed by atoms with E-state index >= 15 is 0 Å². The number of hydrogen-bond donors (Lipinski definition) is 1. The number of aromatic nitrogens is 1. The zero-order valence-electron chi connectivity index (χ0n) is 21.5. The summed E-state index contributed by atoms with van der Waals surface area (Å²) < 4.78 is 39.8. The Hall–Kier alpha value is -2.46. The molecule has 1 aromatic carbocycles. The Labute approximate surface area is 219 Å². The van der Waals surface area contributed by atoms with Crippen molar-refractivity contribution in [3.63, 3.8) is 0 Å². The average molecular weight is 525 g/mol. The molecular weight excluding hydrogens is 488 g/mol. The summed E-state index contributed by atoms with van der Waals surface area (Å²) in [5, 5.41) is 3.64. The number of ether oxygens (including phenoxy) is 2. The van der Waals surface area contributed by atoms with E-state index in [1.54, 1.807) is 23.5 Å². The average Bonchev–Trinajstić information content (AvgIpc) is 3.62. The number of hydrogen-bond acceptors (Lipinski definition) is 7. The van der Waals surface area contributed by atoms with Crippen LogP contribution in [0.25, 0.3) is 6.08 Å². The van der Waals surface area contributed by atoms with Crippen molar-refractivity contribution in [2.24, 2.45) is 0 Å². The number of allylic oxidation sites excluding steroid dienone is 1. The van der Waals surface area contributed by atoms with Crippen LogP contribution in [0.3, 0.4) is 0 Å². The molecule has 9 heteroatoms. The van der Waals surface area contributed by atoms with E-state index in [-0.39, 0.29) is 0 Å². The second-order valence-electron chi connectivity index (χ2n) is 10.5. The maximum Gasteiger partial charge on any atom is 0.243 e. The van der Waals surface area contributed by atoms with Gasteiger partial charge in [0.1, 0.15) is 5.75 Å². The number of piperidine rings is 1. The summed E-state index contributed by atoms with van der Waals surface area (Å²) in [7, 11) is -1.98. The Bertz CT molecular complexity index is 1280. The minimum absolute atomic E-state index is 0.292. The topological polar surface area (TPSA) is 84.0 Å². The van der Waals surface area contributed by atoms with E-state index in [1.807, 2.05) is 6.07 Å². The molecule has 2 saturated heterocycles. The molecule has 3 heterocycles. The molecule has 2 aliphatic carbocycles. The van der Waals surface area contributed by atoms with Crippen LogP contribution in [0.15, 0.2) is 35.2 Å². The Balaban J connectivity index is 1.17. The zero-order chi connectivity index (χ0) is 25.4. The first kappa shape index (κ1) is 24.9. The maximum atomic E-state index is 13.5. The molecule has 3 fully saturated rings. The lowest BCUT2D eigenvalue weighted by molar-refractivity contribution is 0.00610. The van der Waals surface area contributed by atoms with Gasteiger partial charge in [-0.15, -0.1) is 0 Å². The maximum absolute atomic E-state index is 13.5. The number of methoxy groups -OCH3 is 1. The van der Waals surface area contributed by atoms with Gasteiger partial charge < -0.3 is 14.8 Å². The number of pyridine rings is 1. The predicted octanol–water partition coefficient (Wildman–Crippen LogP) is 3.31. The number of morpholine rings is 1. The quantitative estimate of drug-likeness (QED) is 0.567. The molecule has 2 aromatic rings. The Morgan fingerprint density at radius 3 is 2.59 bits per heavy atom. The van der Waals surface area contributed by atoms with Gasteiger partial charge in [0.25, 0.3) is 0 Å². The van der Waals surface area contributed by atoms with Gasteiger partial charge in [0, 0.05) is 79.7 Å². The van der Waals surface area contributed by atoms with Crippen LogP contribution >= 0.6 is 0 Å². The van der Waals surface area contributed by atoms with Crippen LogP contribution in [0.2, 0.25) is 0 Å². The molecule has 0 amide bonds. The van der Waals surface area contributed by atoms with Crippen molar-refractivity contribution < 1.29 is 17.9 Å². The number of sulfonamides is 1. The molecular formula is C28H36N4O4S. The van der Waals surface area contributed by atoms with E-state index in [0.29, 0.717) is 42.2 Å². The van der Waals surface area contributed by atoms with Crippen LogP contribution < -0.4 is 10.1 Å². The second kappa shape index (κ2) is 10.4. The molecule has 0 unspecified atom stereocenters. The van der Waals surface area contributed by atoms with Crippen molar-refractivity contribution in [1.82, 2.24) is 14.2 Å². The summed E-state index contributed by atoms with van der Waals surface area (Å²) >= 11 is 0. The van der Waals surface area contributed by atoms with Crippen LogP contribution in [-0.2, 0) is 27.6 Å². The fourth-order valence-electron chi connectivity index (χ4n) is 5.72. The number of fused-ring (bicyclic) bond motifs is 1. The van der Waals surface area contributed by atoms with Gasteiger partial charge in [0.2, 0.25) is 10.0 Å². The summed E-state index contributed by atoms with van der Waals surface area (Å²) in [6.45, 7) is 4.48. The number of rotatable bonds is 8. The summed E-state index contributed by atoms with van der Waals surface area (Å²) in [5.74, 6) is 0.585. The molecule has 0 bridgehead atoms. The minimum Gasteiger partial charge on any atom is -0.496 e. The monoisotopic (exact) mass is 524 g/mol. The first-order valence-corrected chi connectivity index (χ1v) is 14.9. The first-order valence-electron chi connectivity index (χ1n) is 13.5. The number of benzene rings is 1. The van der Waals surface area contributed by atoms with Crippen molar-refractivity contribution in [1.29, 1.82) is 0 Å². The highest BCUT2D eigenvalue weighted by molar-refractivity contribution is 7.89. The van der Waals surface area contributed by atoms with Crippen molar-refractivity contribution in [3.05, 3.63) is 52.9 Å². The molecule has 4 aliphatic rings. The van der Waals surface area contributed by atoms with E-state index in [4.69, 9.17) is 14.5 Å². The molecule has 0 radical (unpaired) electrons. The highest BCUT2D eigenvalue weighted by Crippen LogP contribution is 2.34. The standard InChI is InChI=1S/C28H36N4O4S/c1-35-28-19-24(37(33,34)32-11-9-23(10-12-32)31-13-15-36-16-14-31)8-5-20(28)17-22-18-27(29-21-6-7-21)25-3-2-4-26(25)30-22/h2-3,5,8,18-19,21,23H,4,6-7,9-17H2,1H3,(H,29,30). The molecule has 1 aromatic heterocycles. The third kappa shape index (κ3) is 5.27. The Morgan fingerprint density at radius 1 is 1.08 bits per heavy atom. The highest BCUT2D eigenvalue weighted by atomic mass is 32.2. The smallest absolute Gasteiger partial charge is 0.243 e. The molecule has 0 atom stereocenters. The van der Waals surface area contributed by atoms with Gasteiger partial charge in [0.05, 0.1) is 30.9 Å². The van der Waals surface area contributed by atoms with Crippen LogP contribution in [0, 0.1) is 0 Å². The highest BCUT2D eigenvalue weighted by Gasteiger charge is 2.32. The third-order valence-electron chi connectivity index (χ3n) is 7.98. The molecule has 8 nitrogen and oxygen atoms in total. The fourth-order valence-corrected chi connectivity index (χ4v) is 7.20. The van der Waals surface area contributed by atoms with Crippen molar-refractivity contribution in [3.8, 4) is 5.75 Å². The molecule has 0 spiro atoms. The normalized spacial score (nSPS) is 21.2. The van der Waals surface area contributed by atoms with Gasteiger partial charge in [-0.05, 0) is 37.8 Å². The largest absolute Gasteiger partial charge is 0.496 e. The van der Waals surface area contributed by atoms with Crippen LogP contribution in [0.1, 0.15) is 48.2 Å². The molecule has 37 heavy (non-hydrogen) atoms. The zero-order valence-corrected chi connectivity index (χ0v) is 22.3. The molecule has 1 N–H and O–H groups in total. The molecule has 198 valence electrons. The predicted molar refractivity (Wildman–Crippen MR) is 144 cm³/mol. The fraction of sp³-hybridized carbons (Fsp3) is 0.536. The molecule has 2 aliphatic heterocycles. The van der Waals surface area contributed by atoms with Crippen molar-refractivity contribution in [2.75, 3.05) is 51.8 Å². The van der Waals surface area contributed by atoms with Crippen LogP contribution in [0.5, 0.6) is 5.75 Å². The van der Waals surface area contributed by atoms with E-state index in [0.717, 1.165) is 68.2 Å². The van der Waals surface area contributed by atoms with E-state index in [2.05, 4.69) is 28.4 Å². The third-order valence-corrected chi connectivity index (χ3v) is 9.87. The molecule has 6 rings (SSSR count). The first-order chi connectivity index (χ1) is 18.0. The van der Waals surface area contributed by atoms with Crippen molar-refractivity contribution >= 4 is 21.8 Å². The second-order valence-corrected chi connectivity index (χ2v) is 12.4. The lowest BCUT2D eigenvalue weighted by Crippen LogP contribution is -2.50. The van der Waals surface area contributed by atoms with Gasteiger partial charge >= 0.3 is 0 Å². The van der Waals surface area contributed by atoms with Crippen LogP contribution in [-0.4, -0.2) is 81.2 Å². The van der Waals surface area contributed by atoms with E-state index < -0.39 is 10.0 Å². The van der Waals surface area contributed by atoms with Gasteiger partial charge in [-0.25, -0.2) is 8.42 Å². The SMILES string of the molecule is COc1cc(S(=O)(=O)N2CCC(N3CCOCC3)CC2)ccc1Cc1cc(NC2CC2)c2c(n1)CC=C2. The van der Waals surface area contributed by atoms with Crippen LogP contribution in [0.4, 0.5) is 5.69 Å². The van der Waals surface area contributed by atoms with E-state index in [9.17, 15) is 8.42 Å². The summed E-state index contributed by atoms with van der Waals surface area (Å²) in [5.41, 5.74) is 5.34. The lowest BCUT2D eigenvalue weighted by atomic mass is 10.0.